The highest BCUT2D eigenvalue weighted by Gasteiger charge is 2.18. The van der Waals surface area contributed by atoms with Gasteiger partial charge in [0.05, 0.1) is 0 Å². The molecule has 0 saturated carbocycles. The van der Waals surface area contributed by atoms with Gasteiger partial charge < -0.3 is 4.90 Å². The van der Waals surface area contributed by atoms with E-state index in [0.29, 0.717) is 0 Å². The molecule has 1 nitrogen and oxygen atoms in total. The van der Waals surface area contributed by atoms with Crippen LogP contribution in [0.1, 0.15) is 16.7 Å². The van der Waals surface area contributed by atoms with Crippen LogP contribution < -0.4 is 4.90 Å². The molecule has 2 aromatic rings. The summed E-state index contributed by atoms with van der Waals surface area (Å²) in [5.41, 5.74) is 5.64. The van der Waals surface area contributed by atoms with Gasteiger partial charge in [-0.1, -0.05) is 56.1 Å². The van der Waals surface area contributed by atoms with Crippen molar-refractivity contribution in [3.05, 3.63) is 63.6 Å². The molecule has 1 aliphatic rings. The van der Waals surface area contributed by atoms with Crippen molar-refractivity contribution in [1.29, 1.82) is 0 Å². The average molecular weight is 381 g/mol. The molecule has 0 fully saturated rings. The summed E-state index contributed by atoms with van der Waals surface area (Å²) in [7, 11) is 0. The number of alkyl halides is 1. The molecule has 0 aliphatic carbocycles. The van der Waals surface area contributed by atoms with Crippen molar-refractivity contribution >= 4 is 37.5 Å². The van der Waals surface area contributed by atoms with Gasteiger partial charge in [-0.25, -0.2) is 0 Å². The first-order valence-corrected chi connectivity index (χ1v) is 8.35. The van der Waals surface area contributed by atoms with Gasteiger partial charge in [-0.3, -0.25) is 0 Å². The summed E-state index contributed by atoms with van der Waals surface area (Å²) < 4.78 is 1.14. The molecule has 0 atom stereocenters. The van der Waals surface area contributed by atoms with Crippen molar-refractivity contribution in [3.8, 4) is 0 Å². The predicted molar refractivity (Wildman–Crippen MR) is 88.0 cm³/mol. The highest BCUT2D eigenvalue weighted by atomic mass is 79.9. The van der Waals surface area contributed by atoms with Crippen LogP contribution in [0, 0.1) is 0 Å². The standard InChI is InChI=1S/C16H15Br2N/c17-10-14-9-15(18)5-6-16(14)19-8-7-12-3-1-2-4-13(12)11-19/h1-6,9H,7-8,10-11H2. The Bertz CT molecular complexity index is 595. The van der Waals surface area contributed by atoms with Gasteiger partial charge in [0, 0.05) is 28.6 Å². The quantitative estimate of drug-likeness (QED) is 0.669. The van der Waals surface area contributed by atoms with Gasteiger partial charge in [0.15, 0.2) is 0 Å². The molecule has 1 aliphatic heterocycles. The number of benzene rings is 2. The van der Waals surface area contributed by atoms with Crippen LogP contribution >= 0.6 is 31.9 Å². The molecular weight excluding hydrogens is 366 g/mol. The van der Waals surface area contributed by atoms with E-state index >= 15 is 0 Å². The predicted octanol–water partition coefficient (Wildman–Crippen LogP) is 4.91. The third-order valence-electron chi connectivity index (χ3n) is 3.66. The third-order valence-corrected chi connectivity index (χ3v) is 4.75. The average Bonchev–Trinajstić information content (AvgIpc) is 2.46. The molecule has 2 aromatic carbocycles. The molecule has 0 radical (unpaired) electrons. The van der Waals surface area contributed by atoms with Crippen molar-refractivity contribution < 1.29 is 0 Å². The van der Waals surface area contributed by atoms with Gasteiger partial charge in [0.25, 0.3) is 0 Å². The minimum absolute atomic E-state index is 0.889. The topological polar surface area (TPSA) is 3.24 Å². The van der Waals surface area contributed by atoms with E-state index in [1.165, 1.54) is 22.4 Å². The van der Waals surface area contributed by atoms with Gasteiger partial charge in [-0.2, -0.15) is 0 Å². The number of hydrogen-bond acceptors (Lipinski definition) is 1. The van der Waals surface area contributed by atoms with Crippen LogP contribution in [0.2, 0.25) is 0 Å². The molecule has 0 unspecified atom stereocenters. The van der Waals surface area contributed by atoms with Gasteiger partial charge in [0.1, 0.15) is 0 Å². The number of nitrogens with zero attached hydrogens (tertiary/aromatic N) is 1. The number of rotatable bonds is 2. The molecule has 0 spiro atoms. The summed E-state index contributed by atoms with van der Waals surface area (Å²) in [6.07, 6.45) is 1.13. The third kappa shape index (κ3) is 2.72. The first kappa shape index (κ1) is 13.2. The van der Waals surface area contributed by atoms with E-state index in [2.05, 4.69) is 79.2 Å². The van der Waals surface area contributed by atoms with E-state index in [4.69, 9.17) is 0 Å². The molecular formula is C16H15Br2N. The highest BCUT2D eigenvalue weighted by molar-refractivity contribution is 9.10. The number of fused-ring (bicyclic) bond motifs is 1. The van der Waals surface area contributed by atoms with Crippen LogP contribution in [0.15, 0.2) is 46.9 Å². The second-order valence-corrected chi connectivity index (χ2v) is 6.32. The van der Waals surface area contributed by atoms with Crippen LogP contribution in [0.5, 0.6) is 0 Å². The van der Waals surface area contributed by atoms with Crippen molar-refractivity contribution in [1.82, 2.24) is 0 Å². The lowest BCUT2D eigenvalue weighted by atomic mass is 9.99. The van der Waals surface area contributed by atoms with Crippen molar-refractivity contribution in [2.45, 2.75) is 18.3 Å². The Hall–Kier alpha value is -0.800. The number of halogens is 2. The van der Waals surface area contributed by atoms with E-state index in [1.54, 1.807) is 0 Å². The molecule has 0 aromatic heterocycles. The Balaban J connectivity index is 1.93. The van der Waals surface area contributed by atoms with Gasteiger partial charge >= 0.3 is 0 Å². The minimum atomic E-state index is 0.889. The Kier molecular flexibility index (Phi) is 3.94. The van der Waals surface area contributed by atoms with Crippen LogP contribution in [0.25, 0.3) is 0 Å². The van der Waals surface area contributed by atoms with Crippen LogP contribution in [-0.2, 0) is 18.3 Å². The summed E-state index contributed by atoms with van der Waals surface area (Å²) in [5, 5.41) is 0.889. The maximum atomic E-state index is 3.59. The van der Waals surface area contributed by atoms with Crippen LogP contribution in [0.4, 0.5) is 5.69 Å². The fraction of sp³-hybridized carbons (Fsp3) is 0.250. The highest BCUT2D eigenvalue weighted by Crippen LogP contribution is 2.30. The Morgan fingerprint density at radius 1 is 1.05 bits per heavy atom. The van der Waals surface area contributed by atoms with E-state index in [0.717, 1.165) is 29.3 Å². The zero-order chi connectivity index (χ0) is 13.2. The second kappa shape index (κ2) is 5.68. The SMILES string of the molecule is BrCc1cc(Br)ccc1N1CCc2ccccc2C1. The van der Waals surface area contributed by atoms with E-state index in [9.17, 15) is 0 Å². The summed E-state index contributed by atoms with van der Waals surface area (Å²) in [5.74, 6) is 0. The number of hydrogen-bond donors (Lipinski definition) is 0. The lowest BCUT2D eigenvalue weighted by Gasteiger charge is -2.32. The Labute approximate surface area is 130 Å². The first-order chi connectivity index (χ1) is 9.28. The molecule has 0 saturated heterocycles. The zero-order valence-corrected chi connectivity index (χ0v) is 13.7. The molecule has 98 valence electrons. The summed E-state index contributed by atoms with van der Waals surface area (Å²) in [4.78, 5) is 2.48. The molecule has 0 amide bonds. The Morgan fingerprint density at radius 3 is 2.63 bits per heavy atom. The molecule has 19 heavy (non-hydrogen) atoms. The van der Waals surface area contributed by atoms with E-state index in [-0.39, 0.29) is 0 Å². The summed E-state index contributed by atoms with van der Waals surface area (Å²) in [6.45, 7) is 2.11. The summed E-state index contributed by atoms with van der Waals surface area (Å²) >= 11 is 7.14. The summed E-state index contributed by atoms with van der Waals surface area (Å²) in [6, 6.07) is 15.3. The van der Waals surface area contributed by atoms with Gasteiger partial charge in [0.2, 0.25) is 0 Å². The van der Waals surface area contributed by atoms with E-state index in [1.807, 2.05) is 0 Å². The van der Waals surface area contributed by atoms with Crippen molar-refractivity contribution in [2.75, 3.05) is 11.4 Å². The molecule has 1 heterocycles. The normalized spacial score (nSPS) is 14.3. The zero-order valence-electron chi connectivity index (χ0n) is 10.6. The smallest absolute Gasteiger partial charge is 0.0432 e. The lowest BCUT2D eigenvalue weighted by Crippen LogP contribution is -2.30. The first-order valence-electron chi connectivity index (χ1n) is 6.44. The van der Waals surface area contributed by atoms with Crippen molar-refractivity contribution in [2.24, 2.45) is 0 Å². The van der Waals surface area contributed by atoms with Gasteiger partial charge in [-0.05, 0) is 41.3 Å². The maximum Gasteiger partial charge on any atom is 0.0432 e. The van der Waals surface area contributed by atoms with Crippen LogP contribution in [-0.4, -0.2) is 6.54 Å². The molecule has 3 rings (SSSR count). The second-order valence-electron chi connectivity index (χ2n) is 4.85. The Morgan fingerprint density at radius 2 is 1.84 bits per heavy atom. The number of anilines is 1. The minimum Gasteiger partial charge on any atom is -0.367 e. The monoisotopic (exact) mass is 379 g/mol. The molecule has 0 N–H and O–H groups in total. The molecule has 0 bridgehead atoms. The fourth-order valence-corrected chi connectivity index (χ4v) is 3.53. The van der Waals surface area contributed by atoms with Gasteiger partial charge in [-0.15, -0.1) is 0 Å². The fourth-order valence-electron chi connectivity index (χ4n) is 2.67. The lowest BCUT2D eigenvalue weighted by molar-refractivity contribution is 0.729. The maximum absolute atomic E-state index is 3.59. The van der Waals surface area contributed by atoms with Crippen LogP contribution in [0.3, 0.4) is 0 Å². The van der Waals surface area contributed by atoms with E-state index < -0.39 is 0 Å². The largest absolute Gasteiger partial charge is 0.367 e. The molecule has 3 heteroatoms. The van der Waals surface area contributed by atoms with Crippen molar-refractivity contribution in [3.63, 3.8) is 0 Å².